The van der Waals surface area contributed by atoms with Crippen LogP contribution in [0.5, 0.6) is 0 Å². The van der Waals surface area contributed by atoms with Gasteiger partial charge in [0.05, 0.1) is 5.56 Å². The largest absolute Gasteiger partial charge is 0.417 e. The molecule has 174 valence electrons. The van der Waals surface area contributed by atoms with Crippen molar-refractivity contribution in [3.63, 3.8) is 0 Å². The number of anilines is 1. The maximum Gasteiger partial charge on any atom is 0.417 e. The van der Waals surface area contributed by atoms with E-state index in [4.69, 9.17) is 0 Å². The molecule has 11 heteroatoms. The molecule has 4 amide bonds. The Balaban J connectivity index is 1.34. The van der Waals surface area contributed by atoms with Crippen LogP contribution >= 0.6 is 0 Å². The Morgan fingerprint density at radius 2 is 1.91 bits per heavy atom. The van der Waals surface area contributed by atoms with Crippen LogP contribution in [0.3, 0.4) is 0 Å². The molecule has 1 aromatic heterocycles. The minimum absolute atomic E-state index is 0.0209. The summed E-state index contributed by atoms with van der Waals surface area (Å²) in [6.45, 7) is 3.09. The Hall–Kier alpha value is -2.85. The van der Waals surface area contributed by atoms with Crippen LogP contribution in [0.4, 0.5) is 23.8 Å². The van der Waals surface area contributed by atoms with Crippen LogP contribution in [0.1, 0.15) is 38.2 Å². The van der Waals surface area contributed by atoms with Gasteiger partial charge in [-0.1, -0.05) is 19.8 Å². The quantitative estimate of drug-likeness (QED) is 0.710. The van der Waals surface area contributed by atoms with Gasteiger partial charge < -0.3 is 15.1 Å². The molecule has 1 saturated carbocycles. The molecular formula is C21H26F3N5O3. The topological polar surface area (TPSA) is 85.8 Å². The van der Waals surface area contributed by atoms with Crippen molar-refractivity contribution >= 4 is 23.7 Å². The summed E-state index contributed by atoms with van der Waals surface area (Å²) in [5.41, 5.74) is -1.71. The molecule has 2 aliphatic heterocycles. The lowest BCUT2D eigenvalue weighted by atomic mass is 9.73. The van der Waals surface area contributed by atoms with E-state index in [0.717, 1.165) is 36.4 Å². The zero-order chi connectivity index (χ0) is 23.1. The molecule has 1 aromatic rings. The van der Waals surface area contributed by atoms with E-state index in [0.29, 0.717) is 38.4 Å². The summed E-state index contributed by atoms with van der Waals surface area (Å²) in [5, 5.41) is 2.84. The molecule has 8 nitrogen and oxygen atoms in total. The van der Waals surface area contributed by atoms with Crippen LogP contribution in [0.2, 0.25) is 0 Å². The van der Waals surface area contributed by atoms with Crippen molar-refractivity contribution in [3.05, 3.63) is 23.9 Å². The third-order valence-electron chi connectivity index (χ3n) is 6.83. The highest BCUT2D eigenvalue weighted by Crippen LogP contribution is 2.38. The van der Waals surface area contributed by atoms with Crippen LogP contribution in [-0.2, 0) is 15.8 Å². The second-order valence-corrected chi connectivity index (χ2v) is 8.71. The van der Waals surface area contributed by atoms with Crippen LogP contribution in [0.15, 0.2) is 18.3 Å². The highest BCUT2D eigenvalue weighted by atomic mass is 19.4. The van der Waals surface area contributed by atoms with Gasteiger partial charge in [0.25, 0.3) is 5.91 Å². The molecule has 3 fully saturated rings. The van der Waals surface area contributed by atoms with Gasteiger partial charge in [-0.3, -0.25) is 14.5 Å². The molecule has 2 atom stereocenters. The minimum Gasteiger partial charge on any atom is -0.353 e. The molecular weight excluding hydrogens is 427 g/mol. The summed E-state index contributed by atoms with van der Waals surface area (Å²) in [6, 6.07) is 1.78. The number of hydrogen-bond donors (Lipinski definition) is 1. The third-order valence-corrected chi connectivity index (χ3v) is 6.83. The molecule has 2 saturated heterocycles. The molecule has 4 rings (SSSR count). The Kier molecular flexibility index (Phi) is 5.76. The number of imide groups is 1. The van der Waals surface area contributed by atoms with Gasteiger partial charge in [0.2, 0.25) is 5.91 Å². The highest BCUT2D eigenvalue weighted by molar-refractivity contribution is 6.09. The summed E-state index contributed by atoms with van der Waals surface area (Å²) in [4.78, 5) is 46.6. The predicted molar refractivity (Wildman–Crippen MR) is 109 cm³/mol. The number of rotatable bonds is 3. The zero-order valence-corrected chi connectivity index (χ0v) is 17.8. The van der Waals surface area contributed by atoms with Crippen molar-refractivity contribution in [2.24, 2.45) is 5.92 Å². The Morgan fingerprint density at radius 3 is 2.50 bits per heavy atom. The first kappa shape index (κ1) is 22.3. The van der Waals surface area contributed by atoms with E-state index in [-0.39, 0.29) is 24.3 Å². The molecule has 0 bridgehead atoms. The van der Waals surface area contributed by atoms with Crippen LogP contribution in [-0.4, -0.2) is 70.9 Å². The van der Waals surface area contributed by atoms with Gasteiger partial charge in [0.1, 0.15) is 17.9 Å². The number of nitrogens with zero attached hydrogens (tertiary/aromatic N) is 4. The summed E-state index contributed by atoms with van der Waals surface area (Å²) < 4.78 is 38.1. The standard InChI is InChI=1S/C21H26F3N5O3/c1-14-4-2-3-7-20(14)18(31)29(19(32)26-20)13-17(30)28-10-8-27(9-11-28)16-6-5-15(12-25-16)21(22,23)24/h5-6,12,14H,2-4,7-11,13H2,1H3,(H,26,32)/t14-,20-/m0/s1. The predicted octanol–water partition coefficient (Wildman–Crippen LogP) is 2.25. The lowest BCUT2D eigenvalue weighted by molar-refractivity contribution is -0.140. The van der Waals surface area contributed by atoms with Crippen molar-refractivity contribution in [3.8, 4) is 0 Å². The SMILES string of the molecule is C[C@H]1CCCC[C@]12NC(=O)N(CC(=O)N1CCN(c3ccc(C(F)(F)F)cn3)CC1)C2=O. The number of amides is 4. The fraction of sp³-hybridized carbons (Fsp3) is 0.619. The second kappa shape index (κ2) is 8.25. The number of aromatic nitrogens is 1. The smallest absolute Gasteiger partial charge is 0.353 e. The normalized spacial score (nSPS) is 26.6. The van der Waals surface area contributed by atoms with Gasteiger partial charge >= 0.3 is 12.2 Å². The fourth-order valence-corrected chi connectivity index (χ4v) is 4.80. The van der Waals surface area contributed by atoms with Crippen molar-refractivity contribution in [1.82, 2.24) is 20.1 Å². The summed E-state index contributed by atoms with van der Waals surface area (Å²) in [6.07, 6.45) is -0.326. The average Bonchev–Trinajstić information content (AvgIpc) is 3.00. The van der Waals surface area contributed by atoms with E-state index >= 15 is 0 Å². The van der Waals surface area contributed by atoms with E-state index in [2.05, 4.69) is 10.3 Å². The summed E-state index contributed by atoms with van der Waals surface area (Å²) in [5.74, 6) is -0.218. The number of carbonyl (C=O) groups is 3. The Bertz CT molecular complexity index is 899. The number of alkyl halides is 3. The van der Waals surface area contributed by atoms with Crippen LogP contribution in [0.25, 0.3) is 0 Å². The molecule has 0 radical (unpaired) electrons. The summed E-state index contributed by atoms with van der Waals surface area (Å²) >= 11 is 0. The number of halogens is 3. The zero-order valence-electron chi connectivity index (χ0n) is 17.8. The maximum absolute atomic E-state index is 13.0. The van der Waals surface area contributed by atoms with Crippen molar-refractivity contribution in [2.75, 3.05) is 37.6 Å². The van der Waals surface area contributed by atoms with Gasteiger partial charge in [-0.25, -0.2) is 9.78 Å². The third kappa shape index (κ3) is 4.00. The number of urea groups is 1. The molecule has 0 aromatic carbocycles. The summed E-state index contributed by atoms with van der Waals surface area (Å²) in [7, 11) is 0. The van der Waals surface area contributed by atoms with E-state index in [9.17, 15) is 27.6 Å². The number of piperazine rings is 1. The van der Waals surface area contributed by atoms with E-state index in [1.807, 2.05) is 6.92 Å². The minimum atomic E-state index is -4.44. The van der Waals surface area contributed by atoms with Gasteiger partial charge in [0, 0.05) is 32.4 Å². The van der Waals surface area contributed by atoms with E-state index in [1.165, 1.54) is 6.07 Å². The fourth-order valence-electron chi connectivity index (χ4n) is 4.80. The number of pyridine rings is 1. The molecule has 32 heavy (non-hydrogen) atoms. The van der Waals surface area contributed by atoms with Crippen LogP contribution < -0.4 is 10.2 Å². The molecule has 1 N–H and O–H groups in total. The van der Waals surface area contributed by atoms with E-state index in [1.54, 1.807) is 9.80 Å². The lowest BCUT2D eigenvalue weighted by Crippen LogP contribution is -2.55. The first-order valence-corrected chi connectivity index (χ1v) is 10.8. The monoisotopic (exact) mass is 453 g/mol. The second-order valence-electron chi connectivity index (χ2n) is 8.71. The molecule has 3 aliphatic rings. The Morgan fingerprint density at radius 1 is 1.19 bits per heavy atom. The molecule has 3 heterocycles. The van der Waals surface area contributed by atoms with Crippen molar-refractivity contribution in [2.45, 2.75) is 44.3 Å². The first-order chi connectivity index (χ1) is 15.1. The average molecular weight is 453 g/mol. The van der Waals surface area contributed by atoms with Gasteiger partial charge in [-0.05, 0) is 30.9 Å². The highest BCUT2D eigenvalue weighted by Gasteiger charge is 2.55. The Labute approximate surface area is 183 Å². The number of hydrogen-bond acceptors (Lipinski definition) is 5. The lowest BCUT2D eigenvalue weighted by Gasteiger charge is -2.37. The van der Waals surface area contributed by atoms with Gasteiger partial charge in [0.15, 0.2) is 0 Å². The van der Waals surface area contributed by atoms with Crippen LogP contribution in [0, 0.1) is 5.92 Å². The van der Waals surface area contributed by atoms with Gasteiger partial charge in [-0.2, -0.15) is 13.2 Å². The van der Waals surface area contributed by atoms with Crippen molar-refractivity contribution in [1.29, 1.82) is 0 Å². The van der Waals surface area contributed by atoms with E-state index < -0.39 is 23.3 Å². The van der Waals surface area contributed by atoms with Gasteiger partial charge in [-0.15, -0.1) is 0 Å². The molecule has 1 spiro atoms. The number of carbonyl (C=O) groups excluding carboxylic acids is 3. The first-order valence-electron chi connectivity index (χ1n) is 10.8. The maximum atomic E-state index is 13.0. The number of nitrogens with one attached hydrogen (secondary N) is 1. The molecule has 0 unspecified atom stereocenters. The molecule has 1 aliphatic carbocycles. The van der Waals surface area contributed by atoms with Crippen molar-refractivity contribution < 1.29 is 27.6 Å².